The molecule has 1 saturated carbocycles. The van der Waals surface area contributed by atoms with Crippen LogP contribution >= 0.6 is 0 Å². The summed E-state index contributed by atoms with van der Waals surface area (Å²) in [5.74, 6) is -0.0893. The lowest BCUT2D eigenvalue weighted by atomic mass is 10.3. The first kappa shape index (κ1) is 14.3. The van der Waals surface area contributed by atoms with E-state index in [9.17, 15) is 12.8 Å². The highest BCUT2D eigenvalue weighted by atomic mass is 32.2. The molecule has 0 amide bonds. The molecule has 0 heterocycles. The van der Waals surface area contributed by atoms with Crippen molar-refractivity contribution in [3.8, 4) is 0 Å². The van der Waals surface area contributed by atoms with E-state index in [4.69, 9.17) is 5.73 Å². The Morgan fingerprint density at radius 3 is 2.53 bits per heavy atom. The number of hydrogen-bond donors (Lipinski definition) is 1. The summed E-state index contributed by atoms with van der Waals surface area (Å²) in [5, 5.41) is 0. The van der Waals surface area contributed by atoms with Crippen LogP contribution in [0.25, 0.3) is 0 Å². The third-order valence-electron chi connectivity index (χ3n) is 3.27. The normalized spacial score (nSPS) is 16.3. The molecule has 106 valence electrons. The maximum atomic E-state index is 13.0. The molecule has 19 heavy (non-hydrogen) atoms. The van der Waals surface area contributed by atoms with E-state index >= 15 is 0 Å². The number of sulfonamides is 1. The molecular formula is C13H19FN2O2S. The molecule has 1 aromatic carbocycles. The van der Waals surface area contributed by atoms with E-state index in [1.807, 2.05) is 13.8 Å². The summed E-state index contributed by atoms with van der Waals surface area (Å²) in [5.41, 5.74) is 5.61. The minimum Gasteiger partial charge on any atom is -0.398 e. The van der Waals surface area contributed by atoms with Crippen molar-refractivity contribution in [1.82, 2.24) is 4.31 Å². The first-order chi connectivity index (χ1) is 8.82. The van der Waals surface area contributed by atoms with Crippen molar-refractivity contribution in [2.45, 2.75) is 37.6 Å². The van der Waals surface area contributed by atoms with Gasteiger partial charge in [-0.25, -0.2) is 12.8 Å². The van der Waals surface area contributed by atoms with Gasteiger partial charge in [0, 0.05) is 12.6 Å². The van der Waals surface area contributed by atoms with Crippen LogP contribution in [0.2, 0.25) is 0 Å². The predicted molar refractivity (Wildman–Crippen MR) is 72.6 cm³/mol. The van der Waals surface area contributed by atoms with Crippen molar-refractivity contribution in [1.29, 1.82) is 0 Å². The predicted octanol–water partition coefficient (Wildman–Crippen LogP) is 2.22. The van der Waals surface area contributed by atoms with E-state index in [1.165, 1.54) is 10.4 Å². The van der Waals surface area contributed by atoms with Gasteiger partial charge in [-0.3, -0.25) is 0 Å². The van der Waals surface area contributed by atoms with Crippen LogP contribution in [0.3, 0.4) is 0 Å². The second kappa shape index (κ2) is 5.09. The van der Waals surface area contributed by atoms with Gasteiger partial charge < -0.3 is 5.73 Å². The van der Waals surface area contributed by atoms with Gasteiger partial charge in [-0.15, -0.1) is 0 Å². The second-order valence-electron chi connectivity index (χ2n) is 5.29. The Bertz CT molecular complexity index is 568. The lowest BCUT2D eigenvalue weighted by Crippen LogP contribution is -2.38. The van der Waals surface area contributed by atoms with Crippen molar-refractivity contribution in [3.63, 3.8) is 0 Å². The van der Waals surface area contributed by atoms with E-state index in [1.54, 1.807) is 0 Å². The molecule has 1 fully saturated rings. The van der Waals surface area contributed by atoms with Crippen LogP contribution in [0.5, 0.6) is 0 Å². The number of hydrogen-bond acceptors (Lipinski definition) is 3. The fraction of sp³-hybridized carbons (Fsp3) is 0.538. The van der Waals surface area contributed by atoms with E-state index < -0.39 is 15.8 Å². The topological polar surface area (TPSA) is 63.4 Å². The van der Waals surface area contributed by atoms with Gasteiger partial charge in [-0.1, -0.05) is 0 Å². The van der Waals surface area contributed by atoms with E-state index in [0.29, 0.717) is 12.5 Å². The smallest absolute Gasteiger partial charge is 0.245 e. The van der Waals surface area contributed by atoms with Gasteiger partial charge in [0.2, 0.25) is 10.0 Å². The summed E-state index contributed by atoms with van der Waals surface area (Å²) in [7, 11) is -3.66. The van der Waals surface area contributed by atoms with Crippen LogP contribution in [0.1, 0.15) is 26.7 Å². The van der Waals surface area contributed by atoms with Gasteiger partial charge in [0.25, 0.3) is 0 Å². The Hall–Kier alpha value is -1.14. The van der Waals surface area contributed by atoms with Crippen LogP contribution < -0.4 is 5.73 Å². The molecule has 0 unspecified atom stereocenters. The largest absolute Gasteiger partial charge is 0.398 e. The Morgan fingerprint density at radius 1 is 1.42 bits per heavy atom. The number of benzene rings is 1. The molecule has 0 saturated heterocycles. The number of nitrogens with zero attached hydrogens (tertiary/aromatic N) is 1. The first-order valence-corrected chi connectivity index (χ1v) is 7.83. The first-order valence-electron chi connectivity index (χ1n) is 6.39. The zero-order valence-electron chi connectivity index (χ0n) is 11.1. The Labute approximate surface area is 113 Å². The van der Waals surface area contributed by atoms with Crippen molar-refractivity contribution in [2.24, 2.45) is 5.92 Å². The van der Waals surface area contributed by atoms with Gasteiger partial charge in [0.05, 0.1) is 5.69 Å². The number of nitrogen functional groups attached to an aromatic ring is 1. The summed E-state index contributed by atoms with van der Waals surface area (Å²) < 4.78 is 39.7. The molecule has 4 nitrogen and oxygen atoms in total. The molecule has 0 spiro atoms. The quantitative estimate of drug-likeness (QED) is 0.844. The maximum absolute atomic E-state index is 13.0. The van der Waals surface area contributed by atoms with Crippen LogP contribution in [-0.2, 0) is 10.0 Å². The van der Waals surface area contributed by atoms with E-state index in [2.05, 4.69) is 0 Å². The molecule has 0 radical (unpaired) electrons. The Morgan fingerprint density at radius 2 is 2.05 bits per heavy atom. The van der Waals surface area contributed by atoms with Crippen molar-refractivity contribution in [3.05, 3.63) is 24.0 Å². The summed E-state index contributed by atoms with van der Waals surface area (Å²) in [6.45, 7) is 4.18. The minimum atomic E-state index is -3.66. The van der Waals surface area contributed by atoms with Crippen LogP contribution in [-0.4, -0.2) is 25.3 Å². The molecule has 0 aliphatic heterocycles. The lowest BCUT2D eigenvalue weighted by molar-refractivity contribution is 0.342. The highest BCUT2D eigenvalue weighted by Crippen LogP contribution is 2.33. The number of halogens is 1. The van der Waals surface area contributed by atoms with Gasteiger partial charge >= 0.3 is 0 Å². The summed E-state index contributed by atoms with van der Waals surface area (Å²) in [4.78, 5) is -0.0109. The minimum absolute atomic E-state index is 0.0109. The van der Waals surface area contributed by atoms with Gasteiger partial charge in [0.1, 0.15) is 10.7 Å². The molecule has 1 aliphatic carbocycles. The van der Waals surface area contributed by atoms with Gasteiger partial charge in [-0.2, -0.15) is 4.31 Å². The molecule has 0 aromatic heterocycles. The average molecular weight is 286 g/mol. The summed E-state index contributed by atoms with van der Waals surface area (Å²) in [6.07, 6.45) is 2.13. The highest BCUT2D eigenvalue weighted by Gasteiger charge is 2.34. The van der Waals surface area contributed by atoms with Crippen molar-refractivity contribution < 1.29 is 12.8 Å². The zero-order valence-corrected chi connectivity index (χ0v) is 12.0. The number of nitrogens with two attached hydrogens (primary N) is 1. The van der Waals surface area contributed by atoms with Crippen LogP contribution in [0.4, 0.5) is 10.1 Å². The third kappa shape index (κ3) is 3.06. The number of rotatable bonds is 5. The average Bonchev–Trinajstić information content (AvgIpc) is 3.08. The molecule has 6 heteroatoms. The van der Waals surface area contributed by atoms with Crippen molar-refractivity contribution >= 4 is 15.7 Å². The zero-order chi connectivity index (χ0) is 14.2. The van der Waals surface area contributed by atoms with Gasteiger partial charge in [0.15, 0.2) is 0 Å². The van der Waals surface area contributed by atoms with Crippen molar-refractivity contribution in [2.75, 3.05) is 12.3 Å². The fourth-order valence-corrected chi connectivity index (χ4v) is 3.83. The maximum Gasteiger partial charge on any atom is 0.245 e. The summed E-state index contributed by atoms with van der Waals surface area (Å²) >= 11 is 0. The number of anilines is 1. The lowest BCUT2D eigenvalue weighted by Gasteiger charge is -2.26. The van der Waals surface area contributed by atoms with Crippen LogP contribution in [0.15, 0.2) is 23.1 Å². The molecule has 2 rings (SSSR count). The standard InChI is InChI=1S/C13H19FN2O2S/c1-9(2)16(8-10-3-4-10)19(17,18)13-6-5-11(14)7-12(13)15/h5-7,9-10H,3-4,8,15H2,1-2H3. The Kier molecular flexibility index (Phi) is 3.82. The van der Waals surface area contributed by atoms with Crippen LogP contribution in [0, 0.1) is 11.7 Å². The molecular weight excluding hydrogens is 267 g/mol. The van der Waals surface area contributed by atoms with Gasteiger partial charge in [-0.05, 0) is 50.8 Å². The molecule has 1 aliphatic rings. The molecule has 2 N–H and O–H groups in total. The molecule has 1 aromatic rings. The molecule has 0 bridgehead atoms. The highest BCUT2D eigenvalue weighted by molar-refractivity contribution is 7.89. The third-order valence-corrected chi connectivity index (χ3v) is 5.39. The second-order valence-corrected chi connectivity index (χ2v) is 7.15. The monoisotopic (exact) mass is 286 g/mol. The summed E-state index contributed by atoms with van der Waals surface area (Å²) in [6, 6.07) is 3.26. The fourth-order valence-electron chi connectivity index (χ4n) is 2.02. The van der Waals surface area contributed by atoms with E-state index in [-0.39, 0.29) is 16.6 Å². The molecule has 0 atom stereocenters. The SMILES string of the molecule is CC(C)N(CC1CC1)S(=O)(=O)c1ccc(F)cc1N. The Balaban J connectivity index is 2.37. The van der Waals surface area contributed by atoms with E-state index in [0.717, 1.165) is 25.0 Å².